The Bertz CT molecular complexity index is 273. The number of ether oxygens (including phenoxy) is 1. The van der Waals surface area contributed by atoms with Gasteiger partial charge in [0.1, 0.15) is 0 Å². The second-order valence-electron chi connectivity index (χ2n) is 6.24. The van der Waals surface area contributed by atoms with Crippen molar-refractivity contribution in [3.63, 3.8) is 0 Å². The van der Waals surface area contributed by atoms with Crippen LogP contribution in [-0.2, 0) is 9.16 Å². The first-order chi connectivity index (χ1) is 7.56. The van der Waals surface area contributed by atoms with Crippen LogP contribution in [0, 0.1) is 18.3 Å². The molecule has 0 amide bonds. The zero-order chi connectivity index (χ0) is 13.9. The average Bonchev–Trinajstić information content (AvgIpc) is 2.15. The molecule has 0 saturated carbocycles. The fraction of sp³-hybridized carbons (Fsp3) is 0.857. The third-order valence-corrected chi connectivity index (χ3v) is 8.35. The SMILES string of the molecule is C#C[C@H](C)[C@H](OC)[C@H](C)O[Si](C)(C)C(C)(C)C. The molecule has 0 aromatic rings. The number of rotatable bonds is 5. The van der Waals surface area contributed by atoms with Crippen LogP contribution in [0.2, 0.25) is 18.1 Å². The summed E-state index contributed by atoms with van der Waals surface area (Å²) in [6.45, 7) is 15.3. The monoisotopic (exact) mass is 256 g/mol. The van der Waals surface area contributed by atoms with Gasteiger partial charge in [-0.2, -0.15) is 0 Å². The molecule has 0 aromatic heterocycles. The Hall–Kier alpha value is -0.303. The first-order valence-corrected chi connectivity index (χ1v) is 9.14. The Morgan fingerprint density at radius 3 is 1.94 bits per heavy atom. The molecular formula is C14H28O2Si. The van der Waals surface area contributed by atoms with Crippen LogP contribution in [0.4, 0.5) is 0 Å². The highest BCUT2D eigenvalue weighted by Gasteiger charge is 2.40. The fourth-order valence-electron chi connectivity index (χ4n) is 1.61. The summed E-state index contributed by atoms with van der Waals surface area (Å²) >= 11 is 0. The summed E-state index contributed by atoms with van der Waals surface area (Å²) < 4.78 is 11.8. The van der Waals surface area contributed by atoms with Crippen LogP contribution in [0.3, 0.4) is 0 Å². The number of hydrogen-bond acceptors (Lipinski definition) is 2. The molecule has 0 aliphatic heterocycles. The van der Waals surface area contributed by atoms with Crippen LogP contribution in [0.15, 0.2) is 0 Å². The molecule has 2 nitrogen and oxygen atoms in total. The first kappa shape index (κ1) is 16.7. The van der Waals surface area contributed by atoms with E-state index in [1.54, 1.807) is 7.11 Å². The van der Waals surface area contributed by atoms with E-state index in [-0.39, 0.29) is 23.2 Å². The normalized spacial score (nSPS) is 18.3. The van der Waals surface area contributed by atoms with Gasteiger partial charge in [-0.15, -0.1) is 12.3 Å². The number of methoxy groups -OCH3 is 1. The molecule has 0 saturated heterocycles. The van der Waals surface area contributed by atoms with Gasteiger partial charge in [-0.05, 0) is 32.0 Å². The molecule has 0 rings (SSSR count). The molecule has 0 unspecified atom stereocenters. The highest BCUT2D eigenvalue weighted by molar-refractivity contribution is 6.74. The van der Waals surface area contributed by atoms with Crippen LogP contribution in [0.25, 0.3) is 0 Å². The molecular weight excluding hydrogens is 228 g/mol. The van der Waals surface area contributed by atoms with Crippen LogP contribution >= 0.6 is 0 Å². The summed E-state index contributed by atoms with van der Waals surface area (Å²) in [6.07, 6.45) is 5.46. The van der Waals surface area contributed by atoms with E-state index in [1.807, 2.05) is 6.92 Å². The van der Waals surface area contributed by atoms with Gasteiger partial charge in [0, 0.05) is 13.0 Å². The zero-order valence-corrected chi connectivity index (χ0v) is 13.6. The van der Waals surface area contributed by atoms with E-state index in [2.05, 4.69) is 46.7 Å². The quantitative estimate of drug-likeness (QED) is 0.552. The van der Waals surface area contributed by atoms with Crippen molar-refractivity contribution in [3.05, 3.63) is 0 Å². The zero-order valence-electron chi connectivity index (χ0n) is 12.6. The maximum atomic E-state index is 6.30. The standard InChI is InChI=1S/C14H28O2Si/c1-10-11(2)13(15-7)12(3)16-17(8,9)14(4,5)6/h1,11-13H,2-9H3/t11-,12-,13-/m0/s1. The van der Waals surface area contributed by atoms with Gasteiger partial charge < -0.3 is 9.16 Å². The van der Waals surface area contributed by atoms with Crippen molar-refractivity contribution < 1.29 is 9.16 Å². The second kappa shape index (κ2) is 6.04. The highest BCUT2D eigenvalue weighted by Crippen LogP contribution is 2.38. The minimum Gasteiger partial charge on any atom is -0.412 e. The Kier molecular flexibility index (Phi) is 5.93. The molecule has 100 valence electrons. The summed E-state index contributed by atoms with van der Waals surface area (Å²) in [6, 6.07) is 0. The third-order valence-electron chi connectivity index (χ3n) is 3.78. The maximum absolute atomic E-state index is 6.30. The van der Waals surface area contributed by atoms with Crippen molar-refractivity contribution in [2.24, 2.45) is 5.92 Å². The molecule has 3 heteroatoms. The smallest absolute Gasteiger partial charge is 0.192 e. The van der Waals surface area contributed by atoms with Crippen molar-refractivity contribution in [2.45, 2.75) is 65.0 Å². The number of terminal acetylenes is 1. The summed E-state index contributed by atoms with van der Waals surface area (Å²) in [5.41, 5.74) is 0. The predicted octanol–water partition coefficient (Wildman–Crippen LogP) is 3.68. The molecule has 0 heterocycles. The fourth-order valence-corrected chi connectivity index (χ4v) is 3.02. The van der Waals surface area contributed by atoms with Crippen LogP contribution in [-0.4, -0.2) is 27.6 Å². The van der Waals surface area contributed by atoms with Crippen LogP contribution in [0.5, 0.6) is 0 Å². The van der Waals surface area contributed by atoms with Crippen molar-refractivity contribution in [1.82, 2.24) is 0 Å². The van der Waals surface area contributed by atoms with Gasteiger partial charge in [0.05, 0.1) is 12.2 Å². The number of hydrogen-bond donors (Lipinski definition) is 0. The van der Waals surface area contributed by atoms with E-state index in [0.29, 0.717) is 0 Å². The molecule has 0 aliphatic carbocycles. The van der Waals surface area contributed by atoms with Crippen molar-refractivity contribution >= 4 is 8.32 Å². The van der Waals surface area contributed by atoms with Crippen molar-refractivity contribution in [1.29, 1.82) is 0 Å². The molecule has 3 atom stereocenters. The van der Waals surface area contributed by atoms with E-state index in [1.165, 1.54) is 0 Å². The van der Waals surface area contributed by atoms with Gasteiger partial charge in [0.15, 0.2) is 8.32 Å². The van der Waals surface area contributed by atoms with Gasteiger partial charge in [-0.1, -0.05) is 20.8 Å². The van der Waals surface area contributed by atoms with Crippen LogP contribution in [0.1, 0.15) is 34.6 Å². The maximum Gasteiger partial charge on any atom is 0.192 e. The first-order valence-electron chi connectivity index (χ1n) is 6.23. The molecule has 0 radical (unpaired) electrons. The van der Waals surface area contributed by atoms with Gasteiger partial charge in [-0.25, -0.2) is 0 Å². The topological polar surface area (TPSA) is 18.5 Å². The summed E-state index contributed by atoms with van der Waals surface area (Å²) in [5, 5.41) is 0.207. The third kappa shape index (κ3) is 4.46. The van der Waals surface area contributed by atoms with E-state index >= 15 is 0 Å². The lowest BCUT2D eigenvalue weighted by Gasteiger charge is -2.40. The molecule has 0 spiro atoms. The molecule has 0 N–H and O–H groups in total. The lowest BCUT2D eigenvalue weighted by molar-refractivity contribution is -0.0140. The molecule has 0 aromatic carbocycles. The molecule has 17 heavy (non-hydrogen) atoms. The Morgan fingerprint density at radius 2 is 1.65 bits per heavy atom. The largest absolute Gasteiger partial charge is 0.412 e. The van der Waals surface area contributed by atoms with Gasteiger partial charge in [0.25, 0.3) is 0 Å². The van der Waals surface area contributed by atoms with E-state index in [4.69, 9.17) is 15.6 Å². The van der Waals surface area contributed by atoms with E-state index < -0.39 is 8.32 Å². The Balaban J connectivity index is 4.74. The minimum atomic E-state index is -1.75. The second-order valence-corrected chi connectivity index (χ2v) is 11.0. The van der Waals surface area contributed by atoms with E-state index in [0.717, 1.165) is 0 Å². The van der Waals surface area contributed by atoms with Crippen molar-refractivity contribution in [2.75, 3.05) is 7.11 Å². The highest BCUT2D eigenvalue weighted by atomic mass is 28.4. The van der Waals surface area contributed by atoms with E-state index in [9.17, 15) is 0 Å². The average molecular weight is 256 g/mol. The van der Waals surface area contributed by atoms with Gasteiger partial charge in [0.2, 0.25) is 0 Å². The van der Waals surface area contributed by atoms with Gasteiger partial charge in [-0.3, -0.25) is 0 Å². The minimum absolute atomic E-state index is 0.0332. The van der Waals surface area contributed by atoms with Crippen LogP contribution < -0.4 is 0 Å². The Morgan fingerprint density at radius 1 is 1.18 bits per heavy atom. The molecule has 0 bridgehead atoms. The van der Waals surface area contributed by atoms with Gasteiger partial charge >= 0.3 is 0 Å². The summed E-state index contributed by atoms with van der Waals surface area (Å²) in [7, 11) is -0.0558. The summed E-state index contributed by atoms with van der Waals surface area (Å²) in [5.74, 6) is 2.80. The Labute approximate surface area is 108 Å². The predicted molar refractivity (Wildman–Crippen MR) is 76.5 cm³/mol. The molecule has 0 aliphatic rings. The van der Waals surface area contributed by atoms with Crippen molar-refractivity contribution in [3.8, 4) is 12.3 Å². The molecule has 0 fully saturated rings. The lowest BCUT2D eigenvalue weighted by Crippen LogP contribution is -2.47. The summed E-state index contributed by atoms with van der Waals surface area (Å²) in [4.78, 5) is 0. The lowest BCUT2D eigenvalue weighted by atomic mass is 10.0.